The summed E-state index contributed by atoms with van der Waals surface area (Å²) in [6, 6.07) is 2.60. The fourth-order valence-electron chi connectivity index (χ4n) is 1.19. The maximum absolute atomic E-state index is 11.4. The molecule has 82 valence electrons. The van der Waals surface area contributed by atoms with Gasteiger partial charge in [-0.2, -0.15) is 0 Å². The van der Waals surface area contributed by atoms with Crippen molar-refractivity contribution in [1.29, 1.82) is 0 Å². The van der Waals surface area contributed by atoms with Gasteiger partial charge in [0.2, 0.25) is 0 Å². The summed E-state index contributed by atoms with van der Waals surface area (Å²) in [5, 5.41) is 9.31. The topological polar surface area (TPSA) is 93.8 Å². The molecule has 1 amide bonds. The Hall–Kier alpha value is -1.95. The van der Waals surface area contributed by atoms with Crippen molar-refractivity contribution in [3.05, 3.63) is 17.7 Å². The van der Waals surface area contributed by atoms with E-state index in [4.69, 9.17) is 15.3 Å². The van der Waals surface area contributed by atoms with E-state index in [-0.39, 0.29) is 22.8 Å². The van der Waals surface area contributed by atoms with Gasteiger partial charge in [0.1, 0.15) is 22.8 Å². The molecule has 6 heteroatoms. The van der Waals surface area contributed by atoms with Crippen LogP contribution in [0.25, 0.3) is 0 Å². The van der Waals surface area contributed by atoms with Gasteiger partial charge in [-0.15, -0.1) is 0 Å². The van der Waals surface area contributed by atoms with E-state index in [1.165, 1.54) is 26.4 Å². The van der Waals surface area contributed by atoms with Crippen molar-refractivity contribution in [2.45, 2.75) is 0 Å². The number of phenols is 1. The number of hydrazine groups is 1. The largest absolute Gasteiger partial charge is 0.508 e. The third-order valence-corrected chi connectivity index (χ3v) is 1.85. The van der Waals surface area contributed by atoms with E-state index in [0.29, 0.717) is 0 Å². The van der Waals surface area contributed by atoms with Gasteiger partial charge in [-0.25, -0.2) is 5.84 Å². The molecule has 0 fully saturated rings. The molecular formula is C9H12N2O4. The SMILES string of the molecule is COc1cc(O)cc(OC)c1C(=O)NN. The number of amides is 1. The highest BCUT2D eigenvalue weighted by Gasteiger charge is 2.18. The Morgan fingerprint density at radius 1 is 1.33 bits per heavy atom. The number of nitrogens with one attached hydrogen (secondary N) is 1. The number of aromatic hydroxyl groups is 1. The van der Waals surface area contributed by atoms with Crippen LogP contribution < -0.4 is 20.7 Å². The second kappa shape index (κ2) is 4.52. The van der Waals surface area contributed by atoms with Crippen LogP contribution in [0.15, 0.2) is 12.1 Å². The van der Waals surface area contributed by atoms with E-state index < -0.39 is 5.91 Å². The first-order valence-electron chi connectivity index (χ1n) is 4.10. The molecule has 0 spiro atoms. The maximum Gasteiger partial charge on any atom is 0.272 e. The molecule has 0 saturated heterocycles. The molecule has 1 aromatic carbocycles. The Bertz CT molecular complexity index is 353. The monoisotopic (exact) mass is 212 g/mol. The van der Waals surface area contributed by atoms with Gasteiger partial charge in [0.15, 0.2) is 0 Å². The molecule has 6 nitrogen and oxygen atoms in total. The fraction of sp³-hybridized carbons (Fsp3) is 0.222. The molecule has 0 aromatic heterocycles. The van der Waals surface area contributed by atoms with Crippen LogP contribution in [-0.2, 0) is 0 Å². The van der Waals surface area contributed by atoms with E-state index in [0.717, 1.165) is 0 Å². The minimum atomic E-state index is -0.552. The zero-order valence-corrected chi connectivity index (χ0v) is 8.40. The number of carbonyl (C=O) groups is 1. The number of phenolic OH excluding ortho intramolecular Hbond substituents is 1. The maximum atomic E-state index is 11.4. The highest BCUT2D eigenvalue weighted by molar-refractivity contribution is 5.99. The molecule has 0 aliphatic heterocycles. The molecule has 0 atom stereocenters. The summed E-state index contributed by atoms with van der Waals surface area (Å²) in [6.45, 7) is 0. The Balaban J connectivity index is 3.36. The Morgan fingerprint density at radius 3 is 2.13 bits per heavy atom. The van der Waals surface area contributed by atoms with Crippen molar-refractivity contribution in [2.75, 3.05) is 14.2 Å². The van der Waals surface area contributed by atoms with E-state index in [1.54, 1.807) is 0 Å². The van der Waals surface area contributed by atoms with Crippen LogP contribution in [0.3, 0.4) is 0 Å². The number of nitrogen functional groups attached to an aromatic ring is 1. The summed E-state index contributed by atoms with van der Waals surface area (Å²) in [4.78, 5) is 11.4. The van der Waals surface area contributed by atoms with Crippen molar-refractivity contribution >= 4 is 5.91 Å². The lowest BCUT2D eigenvalue weighted by Crippen LogP contribution is -2.30. The van der Waals surface area contributed by atoms with E-state index in [9.17, 15) is 9.90 Å². The Morgan fingerprint density at radius 2 is 1.80 bits per heavy atom. The van der Waals surface area contributed by atoms with E-state index in [1.807, 2.05) is 5.43 Å². The van der Waals surface area contributed by atoms with Crippen LogP contribution in [0.4, 0.5) is 0 Å². The number of hydrogen-bond acceptors (Lipinski definition) is 5. The fourth-order valence-corrected chi connectivity index (χ4v) is 1.19. The number of hydrogen-bond donors (Lipinski definition) is 3. The molecule has 0 bridgehead atoms. The van der Waals surface area contributed by atoms with E-state index >= 15 is 0 Å². The van der Waals surface area contributed by atoms with Crippen LogP contribution in [0.5, 0.6) is 17.2 Å². The van der Waals surface area contributed by atoms with Gasteiger partial charge >= 0.3 is 0 Å². The second-order valence-corrected chi connectivity index (χ2v) is 2.70. The summed E-state index contributed by atoms with van der Waals surface area (Å²) >= 11 is 0. The van der Waals surface area contributed by atoms with Crippen LogP contribution in [0, 0.1) is 0 Å². The minimum absolute atomic E-state index is 0.0581. The molecule has 1 rings (SSSR count). The van der Waals surface area contributed by atoms with Gasteiger partial charge in [-0.1, -0.05) is 0 Å². The number of benzene rings is 1. The van der Waals surface area contributed by atoms with Gasteiger partial charge in [0.25, 0.3) is 5.91 Å². The molecule has 0 saturated carbocycles. The van der Waals surface area contributed by atoms with Crippen molar-refractivity contribution in [1.82, 2.24) is 5.43 Å². The average molecular weight is 212 g/mol. The molecule has 0 aliphatic carbocycles. The molecule has 0 heterocycles. The normalized spacial score (nSPS) is 9.53. The molecule has 0 unspecified atom stereocenters. The average Bonchev–Trinajstić information content (AvgIpc) is 2.26. The number of ether oxygens (including phenoxy) is 2. The van der Waals surface area contributed by atoms with Crippen molar-refractivity contribution in [2.24, 2.45) is 5.84 Å². The summed E-state index contributed by atoms with van der Waals surface area (Å²) in [5.41, 5.74) is 2.11. The highest BCUT2D eigenvalue weighted by atomic mass is 16.5. The first kappa shape index (κ1) is 11.1. The molecule has 0 aliphatic rings. The zero-order valence-electron chi connectivity index (χ0n) is 8.40. The number of methoxy groups -OCH3 is 2. The lowest BCUT2D eigenvalue weighted by molar-refractivity contribution is 0.0947. The molecule has 0 radical (unpaired) electrons. The second-order valence-electron chi connectivity index (χ2n) is 2.70. The highest BCUT2D eigenvalue weighted by Crippen LogP contribution is 2.33. The predicted octanol–water partition coefficient (Wildman–Crippen LogP) is 0.0129. The summed E-state index contributed by atoms with van der Waals surface area (Å²) < 4.78 is 9.87. The standard InChI is InChI=1S/C9H12N2O4/c1-14-6-3-5(12)4-7(15-2)8(6)9(13)11-10/h3-4,12H,10H2,1-2H3,(H,11,13). The third kappa shape index (κ3) is 2.10. The molecule has 15 heavy (non-hydrogen) atoms. The number of nitrogens with two attached hydrogens (primary N) is 1. The summed E-state index contributed by atoms with van der Waals surface area (Å²) in [7, 11) is 2.75. The zero-order chi connectivity index (χ0) is 11.4. The summed E-state index contributed by atoms with van der Waals surface area (Å²) in [5.74, 6) is 4.79. The first-order chi connectivity index (χ1) is 7.13. The molecular weight excluding hydrogens is 200 g/mol. The lowest BCUT2D eigenvalue weighted by Gasteiger charge is -2.12. The van der Waals surface area contributed by atoms with Crippen LogP contribution in [0.1, 0.15) is 10.4 Å². The quantitative estimate of drug-likeness (QED) is 0.373. The predicted molar refractivity (Wildman–Crippen MR) is 52.9 cm³/mol. The van der Waals surface area contributed by atoms with Gasteiger partial charge in [-0.3, -0.25) is 10.2 Å². The van der Waals surface area contributed by atoms with E-state index in [2.05, 4.69) is 0 Å². The van der Waals surface area contributed by atoms with Crippen LogP contribution >= 0.6 is 0 Å². The molecule has 1 aromatic rings. The van der Waals surface area contributed by atoms with Crippen molar-refractivity contribution in [3.63, 3.8) is 0 Å². The van der Waals surface area contributed by atoms with Gasteiger partial charge in [-0.05, 0) is 0 Å². The van der Waals surface area contributed by atoms with Crippen molar-refractivity contribution < 1.29 is 19.4 Å². The van der Waals surface area contributed by atoms with Crippen molar-refractivity contribution in [3.8, 4) is 17.2 Å². The molecule has 4 N–H and O–H groups in total. The van der Waals surface area contributed by atoms with Gasteiger partial charge in [0.05, 0.1) is 14.2 Å². The van der Waals surface area contributed by atoms with Crippen LogP contribution in [0.2, 0.25) is 0 Å². The van der Waals surface area contributed by atoms with Crippen LogP contribution in [-0.4, -0.2) is 25.2 Å². The lowest BCUT2D eigenvalue weighted by atomic mass is 10.1. The van der Waals surface area contributed by atoms with Gasteiger partial charge < -0.3 is 14.6 Å². The first-order valence-corrected chi connectivity index (χ1v) is 4.10. The summed E-state index contributed by atoms with van der Waals surface area (Å²) in [6.07, 6.45) is 0. The Labute approximate surface area is 86.6 Å². The van der Waals surface area contributed by atoms with Gasteiger partial charge in [0, 0.05) is 12.1 Å². The number of rotatable bonds is 3. The smallest absolute Gasteiger partial charge is 0.272 e. The number of carbonyl (C=O) groups excluding carboxylic acids is 1. The third-order valence-electron chi connectivity index (χ3n) is 1.85. The minimum Gasteiger partial charge on any atom is -0.508 e. The Kier molecular flexibility index (Phi) is 3.35.